The molecule has 0 atom stereocenters. The van der Waals surface area contributed by atoms with E-state index in [1.807, 2.05) is 0 Å². The van der Waals surface area contributed by atoms with Crippen LogP contribution in [-0.2, 0) is 8.87 Å². The molecule has 0 amide bonds. The molecule has 0 fully saturated rings. The van der Waals surface area contributed by atoms with Crippen LogP contribution in [-0.4, -0.2) is 18.4 Å². The summed E-state index contributed by atoms with van der Waals surface area (Å²) in [6.07, 6.45) is 5.54. The molecule has 0 N–H and O–H groups in total. The van der Waals surface area contributed by atoms with E-state index in [1.165, 1.54) is 34.6 Å². The van der Waals surface area contributed by atoms with Crippen LogP contribution in [0.25, 0.3) is 0 Å². The molecule has 0 aliphatic rings. The average Bonchev–Trinajstić information content (AvgIpc) is 2.60. The second-order valence-corrected chi connectivity index (χ2v) is 20.5. The van der Waals surface area contributed by atoms with Crippen molar-refractivity contribution in [2.45, 2.75) is 57.3 Å². The summed E-state index contributed by atoms with van der Waals surface area (Å²) in [5.41, 5.74) is 3.18. The molecular formula is C22H32Sn. The molecule has 2 rings (SSSR count). The van der Waals surface area contributed by atoms with Gasteiger partial charge in [-0.2, -0.15) is 0 Å². The molecule has 0 aliphatic carbocycles. The maximum absolute atomic E-state index is 2.36. The van der Waals surface area contributed by atoms with Crippen molar-refractivity contribution in [2.24, 2.45) is 0 Å². The fourth-order valence-electron chi connectivity index (χ4n) is 3.70. The Bertz CT molecular complexity index is 481. The Morgan fingerprint density at radius 1 is 0.609 bits per heavy atom. The monoisotopic (exact) mass is 416 g/mol. The van der Waals surface area contributed by atoms with Crippen molar-refractivity contribution in [1.82, 2.24) is 0 Å². The number of hydrogen-bond donors (Lipinski definition) is 0. The first kappa shape index (κ1) is 18.6. The molecule has 23 heavy (non-hydrogen) atoms. The van der Waals surface area contributed by atoms with E-state index in [0.29, 0.717) is 0 Å². The zero-order valence-electron chi connectivity index (χ0n) is 14.9. The van der Waals surface area contributed by atoms with E-state index >= 15 is 0 Å². The minimum atomic E-state index is -2.21. The number of benzene rings is 2. The Morgan fingerprint density at radius 2 is 1.00 bits per heavy atom. The van der Waals surface area contributed by atoms with Crippen molar-refractivity contribution >= 4 is 18.4 Å². The molecule has 0 aliphatic heterocycles. The Kier molecular flexibility index (Phi) is 8.22. The first-order valence-electron chi connectivity index (χ1n) is 9.36. The second-order valence-electron chi connectivity index (χ2n) is 7.03. The van der Waals surface area contributed by atoms with Crippen LogP contribution in [0.5, 0.6) is 0 Å². The molecule has 0 bridgehead atoms. The molecule has 1 heteroatoms. The van der Waals surface area contributed by atoms with Gasteiger partial charge in [-0.05, 0) is 0 Å². The van der Waals surface area contributed by atoms with Crippen molar-refractivity contribution in [1.29, 1.82) is 0 Å². The Labute approximate surface area is 147 Å². The maximum atomic E-state index is 2.36. The van der Waals surface area contributed by atoms with Crippen molar-refractivity contribution in [3.63, 3.8) is 0 Å². The second kappa shape index (κ2) is 10.2. The van der Waals surface area contributed by atoms with Gasteiger partial charge in [0.2, 0.25) is 0 Å². The van der Waals surface area contributed by atoms with Crippen molar-refractivity contribution in [3.8, 4) is 0 Å². The van der Waals surface area contributed by atoms with Gasteiger partial charge in [-0.15, -0.1) is 0 Å². The molecule has 124 valence electrons. The van der Waals surface area contributed by atoms with E-state index in [4.69, 9.17) is 0 Å². The molecular weight excluding hydrogens is 383 g/mol. The third-order valence-electron chi connectivity index (χ3n) is 4.97. The van der Waals surface area contributed by atoms with E-state index in [9.17, 15) is 0 Å². The SMILES string of the molecule is CCC[CH2][Sn]([CH2]CCC)([CH2]c1ccccc1)[CH2]c1ccccc1. The van der Waals surface area contributed by atoms with Crippen molar-refractivity contribution < 1.29 is 0 Å². The predicted molar refractivity (Wildman–Crippen MR) is 105 cm³/mol. The molecule has 0 saturated heterocycles. The summed E-state index contributed by atoms with van der Waals surface area (Å²) >= 11 is -2.21. The van der Waals surface area contributed by atoms with E-state index in [1.54, 1.807) is 20.0 Å². The van der Waals surface area contributed by atoms with Gasteiger partial charge in [0.1, 0.15) is 0 Å². The third kappa shape index (κ3) is 6.33. The summed E-state index contributed by atoms with van der Waals surface area (Å²) in [6, 6.07) is 22.6. The third-order valence-corrected chi connectivity index (χ3v) is 19.6. The van der Waals surface area contributed by atoms with Gasteiger partial charge in [-0.1, -0.05) is 0 Å². The molecule has 0 radical (unpaired) electrons. The van der Waals surface area contributed by atoms with Gasteiger partial charge in [0, 0.05) is 0 Å². The molecule has 2 aromatic carbocycles. The van der Waals surface area contributed by atoms with Crippen LogP contribution in [0.4, 0.5) is 0 Å². The first-order valence-corrected chi connectivity index (χ1v) is 17.4. The molecule has 0 spiro atoms. The zero-order chi connectivity index (χ0) is 16.4. The Balaban J connectivity index is 2.24. The zero-order valence-corrected chi connectivity index (χ0v) is 17.8. The average molecular weight is 415 g/mol. The Hall–Kier alpha value is -0.761. The molecule has 0 nitrogen and oxygen atoms in total. The van der Waals surface area contributed by atoms with Gasteiger partial charge in [0.25, 0.3) is 0 Å². The molecule has 0 unspecified atom stereocenters. The van der Waals surface area contributed by atoms with Gasteiger partial charge in [-0.3, -0.25) is 0 Å². The van der Waals surface area contributed by atoms with Crippen molar-refractivity contribution in [2.75, 3.05) is 0 Å². The predicted octanol–water partition coefficient (Wildman–Crippen LogP) is 6.60. The van der Waals surface area contributed by atoms with Gasteiger partial charge in [0.05, 0.1) is 0 Å². The van der Waals surface area contributed by atoms with E-state index in [0.717, 1.165) is 0 Å². The van der Waals surface area contributed by atoms with Crippen LogP contribution in [0, 0.1) is 0 Å². The van der Waals surface area contributed by atoms with Crippen LogP contribution in [0.2, 0.25) is 8.87 Å². The number of rotatable bonds is 10. The topological polar surface area (TPSA) is 0 Å². The minimum absolute atomic E-state index is 1.34. The van der Waals surface area contributed by atoms with E-state index < -0.39 is 18.4 Å². The van der Waals surface area contributed by atoms with Gasteiger partial charge in [0.15, 0.2) is 0 Å². The molecule has 0 aromatic heterocycles. The quantitative estimate of drug-likeness (QED) is 0.384. The fraction of sp³-hybridized carbons (Fsp3) is 0.455. The summed E-state index contributed by atoms with van der Waals surface area (Å²) in [6.45, 7) is 4.70. The summed E-state index contributed by atoms with van der Waals surface area (Å²) in [4.78, 5) is 0. The van der Waals surface area contributed by atoms with Crippen molar-refractivity contribution in [3.05, 3.63) is 71.8 Å². The van der Waals surface area contributed by atoms with E-state index in [-0.39, 0.29) is 0 Å². The van der Waals surface area contributed by atoms with Crippen LogP contribution in [0.15, 0.2) is 60.7 Å². The summed E-state index contributed by atoms with van der Waals surface area (Å²) in [5, 5.41) is 0. The fourth-order valence-corrected chi connectivity index (χ4v) is 19.4. The molecule has 0 heterocycles. The first-order chi connectivity index (χ1) is 11.3. The van der Waals surface area contributed by atoms with Gasteiger partial charge in [-0.25, -0.2) is 0 Å². The Morgan fingerprint density at radius 3 is 1.35 bits per heavy atom. The summed E-state index contributed by atoms with van der Waals surface area (Å²) in [5.74, 6) is 0. The number of hydrogen-bond acceptors (Lipinski definition) is 0. The van der Waals surface area contributed by atoms with E-state index in [2.05, 4.69) is 74.5 Å². The summed E-state index contributed by atoms with van der Waals surface area (Å²) < 4.78 is 5.94. The van der Waals surface area contributed by atoms with Crippen LogP contribution in [0.3, 0.4) is 0 Å². The normalized spacial score (nSPS) is 11.6. The van der Waals surface area contributed by atoms with Gasteiger partial charge < -0.3 is 0 Å². The van der Waals surface area contributed by atoms with Crippen LogP contribution < -0.4 is 0 Å². The molecule has 2 aromatic rings. The standard InChI is InChI=1S/2C7H7.2C4H9.Sn/c2*1-7-5-3-2-4-6-7;2*1-3-4-2;/h2*2-6H,1H2;2*1,3-4H2,2H3;. The van der Waals surface area contributed by atoms with Crippen LogP contribution in [0.1, 0.15) is 50.7 Å². The van der Waals surface area contributed by atoms with Crippen LogP contribution >= 0.6 is 0 Å². The summed E-state index contributed by atoms with van der Waals surface area (Å²) in [7, 11) is 0. The van der Waals surface area contributed by atoms with Gasteiger partial charge >= 0.3 is 147 Å². The number of unbranched alkanes of at least 4 members (excludes halogenated alkanes) is 2. The molecule has 0 saturated carbocycles.